The zero-order valence-electron chi connectivity index (χ0n) is 12.1. The highest BCUT2D eigenvalue weighted by atomic mass is 15.1. The van der Waals surface area contributed by atoms with Gasteiger partial charge in [-0.3, -0.25) is 0 Å². The van der Waals surface area contributed by atoms with E-state index < -0.39 is 0 Å². The summed E-state index contributed by atoms with van der Waals surface area (Å²) < 4.78 is 0. The molecule has 1 saturated heterocycles. The van der Waals surface area contributed by atoms with Crippen LogP contribution in [0.25, 0.3) is 0 Å². The molecule has 2 aliphatic carbocycles. The van der Waals surface area contributed by atoms with Crippen LogP contribution in [0.1, 0.15) is 57.8 Å². The molecule has 0 amide bonds. The highest BCUT2D eigenvalue weighted by molar-refractivity contribution is 5.01. The number of hydrogen-bond donors (Lipinski definition) is 1. The molecular formula is C16H30N2. The molecule has 104 valence electrons. The molecular weight excluding hydrogens is 220 g/mol. The maximum Gasteiger partial charge on any atom is 0.0124 e. The summed E-state index contributed by atoms with van der Waals surface area (Å²) in [5.74, 6) is 0.907. The van der Waals surface area contributed by atoms with E-state index in [-0.39, 0.29) is 0 Å². The van der Waals surface area contributed by atoms with Crippen molar-refractivity contribution in [2.45, 2.75) is 63.8 Å². The number of rotatable bonds is 3. The standard InChI is InChI=1S/C16H30N2/c1-18-11-5-6-14(13-18)12-17-15-7-10-16(15)8-3-2-4-9-16/h14-15,17H,2-13H2,1H3. The third kappa shape index (κ3) is 2.60. The fourth-order valence-corrected chi connectivity index (χ4v) is 4.62. The molecule has 0 aromatic carbocycles. The Labute approximate surface area is 113 Å². The lowest BCUT2D eigenvalue weighted by Crippen LogP contribution is -2.55. The molecule has 18 heavy (non-hydrogen) atoms. The Morgan fingerprint density at radius 3 is 2.56 bits per heavy atom. The molecule has 2 nitrogen and oxygen atoms in total. The summed E-state index contributed by atoms with van der Waals surface area (Å²) in [4.78, 5) is 2.51. The quantitative estimate of drug-likeness (QED) is 0.828. The molecule has 2 unspecified atom stereocenters. The molecule has 3 aliphatic rings. The molecule has 1 heterocycles. The molecule has 1 spiro atoms. The molecule has 0 aromatic heterocycles. The van der Waals surface area contributed by atoms with Crippen LogP contribution in [-0.2, 0) is 0 Å². The van der Waals surface area contributed by atoms with E-state index >= 15 is 0 Å². The third-order valence-corrected chi connectivity index (χ3v) is 5.89. The Balaban J connectivity index is 1.45. The minimum Gasteiger partial charge on any atom is -0.313 e. The van der Waals surface area contributed by atoms with Gasteiger partial charge in [0.15, 0.2) is 0 Å². The van der Waals surface area contributed by atoms with Crippen molar-refractivity contribution in [1.29, 1.82) is 0 Å². The van der Waals surface area contributed by atoms with Gasteiger partial charge in [-0.1, -0.05) is 19.3 Å². The first-order valence-electron chi connectivity index (χ1n) is 8.20. The van der Waals surface area contributed by atoms with E-state index in [1.165, 1.54) is 77.4 Å². The van der Waals surface area contributed by atoms with Gasteiger partial charge in [-0.2, -0.15) is 0 Å². The summed E-state index contributed by atoms with van der Waals surface area (Å²) in [6.45, 7) is 3.90. The first-order valence-corrected chi connectivity index (χ1v) is 8.20. The van der Waals surface area contributed by atoms with Crippen LogP contribution >= 0.6 is 0 Å². The van der Waals surface area contributed by atoms with Crippen LogP contribution in [0.5, 0.6) is 0 Å². The second-order valence-electron chi connectivity index (χ2n) is 7.19. The third-order valence-electron chi connectivity index (χ3n) is 5.89. The normalized spacial score (nSPS) is 36.5. The van der Waals surface area contributed by atoms with Gasteiger partial charge in [0, 0.05) is 12.6 Å². The van der Waals surface area contributed by atoms with Gasteiger partial charge < -0.3 is 10.2 Å². The summed E-state index contributed by atoms with van der Waals surface area (Å²) in [7, 11) is 2.28. The molecule has 2 atom stereocenters. The van der Waals surface area contributed by atoms with Gasteiger partial charge in [0.05, 0.1) is 0 Å². The number of hydrogen-bond acceptors (Lipinski definition) is 2. The van der Waals surface area contributed by atoms with Gasteiger partial charge in [0.25, 0.3) is 0 Å². The molecule has 0 bridgehead atoms. The molecule has 2 saturated carbocycles. The Morgan fingerprint density at radius 1 is 1.06 bits per heavy atom. The molecule has 1 N–H and O–H groups in total. The Bertz CT molecular complexity index is 270. The second-order valence-corrected chi connectivity index (χ2v) is 7.19. The SMILES string of the molecule is CN1CCCC(CNC2CCC23CCCCC3)C1. The van der Waals surface area contributed by atoms with Crippen LogP contribution in [0.15, 0.2) is 0 Å². The summed E-state index contributed by atoms with van der Waals surface area (Å²) in [6, 6.07) is 0.866. The fourth-order valence-electron chi connectivity index (χ4n) is 4.62. The van der Waals surface area contributed by atoms with E-state index in [0.29, 0.717) is 0 Å². The van der Waals surface area contributed by atoms with Gasteiger partial charge in [0.2, 0.25) is 0 Å². The summed E-state index contributed by atoms with van der Waals surface area (Å²) in [6.07, 6.45) is 13.3. The van der Waals surface area contributed by atoms with Gasteiger partial charge in [0.1, 0.15) is 0 Å². The summed E-state index contributed by atoms with van der Waals surface area (Å²) in [5, 5.41) is 3.94. The lowest BCUT2D eigenvalue weighted by atomic mass is 9.57. The smallest absolute Gasteiger partial charge is 0.0124 e. The molecule has 3 fully saturated rings. The van der Waals surface area contributed by atoms with E-state index in [4.69, 9.17) is 0 Å². The lowest BCUT2D eigenvalue weighted by Gasteiger charge is -2.53. The minimum atomic E-state index is 0.735. The topological polar surface area (TPSA) is 15.3 Å². The van der Waals surface area contributed by atoms with Crippen LogP contribution < -0.4 is 5.32 Å². The highest BCUT2D eigenvalue weighted by Gasteiger charge is 2.46. The maximum absolute atomic E-state index is 3.94. The van der Waals surface area contributed by atoms with Crippen LogP contribution in [0.3, 0.4) is 0 Å². The molecule has 1 aliphatic heterocycles. The van der Waals surface area contributed by atoms with E-state index in [1.807, 2.05) is 0 Å². The minimum absolute atomic E-state index is 0.735. The van der Waals surface area contributed by atoms with Crippen molar-refractivity contribution in [3.05, 3.63) is 0 Å². The van der Waals surface area contributed by atoms with Crippen molar-refractivity contribution in [2.75, 3.05) is 26.7 Å². The Hall–Kier alpha value is -0.0800. The second kappa shape index (κ2) is 5.50. The van der Waals surface area contributed by atoms with Crippen molar-refractivity contribution in [2.24, 2.45) is 11.3 Å². The fraction of sp³-hybridized carbons (Fsp3) is 1.00. The van der Waals surface area contributed by atoms with Crippen molar-refractivity contribution < 1.29 is 0 Å². The zero-order valence-corrected chi connectivity index (χ0v) is 12.1. The van der Waals surface area contributed by atoms with Crippen LogP contribution in [0.4, 0.5) is 0 Å². The summed E-state index contributed by atoms with van der Waals surface area (Å²) >= 11 is 0. The van der Waals surface area contributed by atoms with E-state index in [9.17, 15) is 0 Å². The average molecular weight is 250 g/mol. The molecule has 0 aromatic rings. The van der Waals surface area contributed by atoms with Gasteiger partial charge in [-0.05, 0) is 70.0 Å². The molecule has 2 heteroatoms. The first kappa shape index (κ1) is 12.9. The first-order chi connectivity index (χ1) is 8.78. The maximum atomic E-state index is 3.94. The van der Waals surface area contributed by atoms with Crippen LogP contribution in [0.2, 0.25) is 0 Å². The number of nitrogens with zero attached hydrogens (tertiary/aromatic N) is 1. The van der Waals surface area contributed by atoms with Crippen molar-refractivity contribution in [3.8, 4) is 0 Å². The van der Waals surface area contributed by atoms with Gasteiger partial charge in [-0.15, -0.1) is 0 Å². The number of nitrogens with one attached hydrogen (secondary N) is 1. The predicted molar refractivity (Wildman–Crippen MR) is 76.8 cm³/mol. The number of likely N-dealkylation sites (tertiary alicyclic amines) is 1. The van der Waals surface area contributed by atoms with Gasteiger partial charge >= 0.3 is 0 Å². The lowest BCUT2D eigenvalue weighted by molar-refractivity contribution is 0.0191. The van der Waals surface area contributed by atoms with E-state index in [2.05, 4.69) is 17.3 Å². The van der Waals surface area contributed by atoms with Crippen LogP contribution in [0, 0.1) is 11.3 Å². The Kier molecular flexibility index (Phi) is 3.95. The highest BCUT2D eigenvalue weighted by Crippen LogP contribution is 2.51. The zero-order chi connectivity index (χ0) is 12.4. The van der Waals surface area contributed by atoms with Crippen LogP contribution in [-0.4, -0.2) is 37.6 Å². The van der Waals surface area contributed by atoms with Crippen molar-refractivity contribution >= 4 is 0 Å². The van der Waals surface area contributed by atoms with E-state index in [0.717, 1.165) is 17.4 Å². The average Bonchev–Trinajstić information content (AvgIpc) is 2.39. The summed E-state index contributed by atoms with van der Waals surface area (Å²) in [5.41, 5.74) is 0.735. The molecule has 0 radical (unpaired) electrons. The largest absolute Gasteiger partial charge is 0.313 e. The Morgan fingerprint density at radius 2 is 1.89 bits per heavy atom. The predicted octanol–water partition coefficient (Wildman–Crippen LogP) is 3.03. The van der Waals surface area contributed by atoms with Crippen molar-refractivity contribution in [1.82, 2.24) is 10.2 Å². The van der Waals surface area contributed by atoms with Crippen molar-refractivity contribution in [3.63, 3.8) is 0 Å². The number of piperidine rings is 1. The van der Waals surface area contributed by atoms with E-state index in [1.54, 1.807) is 0 Å². The monoisotopic (exact) mass is 250 g/mol. The molecule has 3 rings (SSSR count). The van der Waals surface area contributed by atoms with Gasteiger partial charge in [-0.25, -0.2) is 0 Å².